The zero-order chi connectivity index (χ0) is 16.8. The standard InChI is InChI=1S/C18H28N4O2/c1-15-4-5-16(11-19-15)12-20-18(23)22-6-2-3-17(14-22)13-21-7-9-24-10-8-21/h4-5,11,17H,2-3,6-10,12-14H2,1H3,(H,20,23)/t17-/m0/s1. The Balaban J connectivity index is 1.44. The van der Waals surface area contributed by atoms with Crippen molar-refractivity contribution in [2.45, 2.75) is 26.3 Å². The lowest BCUT2D eigenvalue weighted by molar-refractivity contribution is 0.0249. The summed E-state index contributed by atoms with van der Waals surface area (Å²) in [6, 6.07) is 4.03. The monoisotopic (exact) mass is 332 g/mol. The Labute approximate surface area is 144 Å². The number of piperidine rings is 1. The van der Waals surface area contributed by atoms with E-state index in [0.717, 1.165) is 63.6 Å². The van der Waals surface area contributed by atoms with Crippen molar-refractivity contribution in [3.63, 3.8) is 0 Å². The van der Waals surface area contributed by atoms with Gasteiger partial charge in [-0.05, 0) is 37.3 Å². The van der Waals surface area contributed by atoms with Gasteiger partial charge in [0, 0.05) is 51.2 Å². The summed E-state index contributed by atoms with van der Waals surface area (Å²) in [7, 11) is 0. The molecule has 24 heavy (non-hydrogen) atoms. The topological polar surface area (TPSA) is 57.7 Å². The van der Waals surface area contributed by atoms with Crippen molar-refractivity contribution in [2.24, 2.45) is 5.92 Å². The third kappa shape index (κ3) is 4.92. The number of morpholine rings is 1. The fourth-order valence-corrected chi connectivity index (χ4v) is 3.44. The van der Waals surface area contributed by atoms with Crippen LogP contribution in [0.1, 0.15) is 24.1 Å². The number of likely N-dealkylation sites (tertiary alicyclic amines) is 1. The predicted octanol–water partition coefficient (Wildman–Crippen LogP) is 1.64. The summed E-state index contributed by atoms with van der Waals surface area (Å²) in [5.41, 5.74) is 2.03. The van der Waals surface area contributed by atoms with E-state index in [4.69, 9.17) is 4.74 Å². The predicted molar refractivity (Wildman–Crippen MR) is 92.8 cm³/mol. The van der Waals surface area contributed by atoms with Crippen molar-refractivity contribution >= 4 is 6.03 Å². The van der Waals surface area contributed by atoms with E-state index in [1.54, 1.807) is 0 Å². The molecule has 0 aliphatic carbocycles. The lowest BCUT2D eigenvalue weighted by Crippen LogP contribution is -2.48. The number of urea groups is 1. The molecule has 6 heteroatoms. The second kappa shape index (κ2) is 8.44. The molecule has 2 fully saturated rings. The maximum atomic E-state index is 12.4. The van der Waals surface area contributed by atoms with Gasteiger partial charge in [-0.1, -0.05) is 6.07 Å². The molecule has 0 unspecified atom stereocenters. The number of ether oxygens (including phenoxy) is 1. The van der Waals surface area contributed by atoms with E-state index in [-0.39, 0.29) is 6.03 Å². The van der Waals surface area contributed by atoms with Crippen LogP contribution in [0.4, 0.5) is 4.79 Å². The van der Waals surface area contributed by atoms with Crippen LogP contribution >= 0.6 is 0 Å². The maximum Gasteiger partial charge on any atom is 0.317 e. The van der Waals surface area contributed by atoms with Crippen molar-refractivity contribution < 1.29 is 9.53 Å². The molecule has 1 aromatic heterocycles. The molecule has 0 bridgehead atoms. The van der Waals surface area contributed by atoms with Gasteiger partial charge in [0.15, 0.2) is 0 Å². The molecular weight excluding hydrogens is 304 g/mol. The molecule has 1 atom stereocenters. The van der Waals surface area contributed by atoms with Crippen molar-refractivity contribution in [3.05, 3.63) is 29.6 Å². The number of nitrogens with zero attached hydrogens (tertiary/aromatic N) is 3. The van der Waals surface area contributed by atoms with E-state index in [0.29, 0.717) is 12.5 Å². The minimum Gasteiger partial charge on any atom is -0.379 e. The molecule has 0 aromatic carbocycles. The largest absolute Gasteiger partial charge is 0.379 e. The molecule has 1 aromatic rings. The number of hydrogen-bond donors (Lipinski definition) is 1. The molecule has 2 amide bonds. The SMILES string of the molecule is Cc1ccc(CNC(=O)N2CCC[C@@H](CN3CCOCC3)C2)cn1. The highest BCUT2D eigenvalue weighted by molar-refractivity contribution is 5.74. The number of amides is 2. The van der Waals surface area contributed by atoms with Gasteiger partial charge >= 0.3 is 6.03 Å². The fraction of sp³-hybridized carbons (Fsp3) is 0.667. The highest BCUT2D eigenvalue weighted by Crippen LogP contribution is 2.18. The van der Waals surface area contributed by atoms with Gasteiger partial charge in [-0.3, -0.25) is 9.88 Å². The molecule has 2 aliphatic rings. The van der Waals surface area contributed by atoms with Gasteiger partial charge in [0.1, 0.15) is 0 Å². The first-order chi connectivity index (χ1) is 11.7. The number of nitrogens with one attached hydrogen (secondary N) is 1. The van der Waals surface area contributed by atoms with E-state index >= 15 is 0 Å². The average Bonchev–Trinajstić information content (AvgIpc) is 2.62. The summed E-state index contributed by atoms with van der Waals surface area (Å²) >= 11 is 0. The molecule has 0 saturated carbocycles. The first-order valence-corrected chi connectivity index (χ1v) is 8.95. The summed E-state index contributed by atoms with van der Waals surface area (Å²) < 4.78 is 5.41. The Kier molecular flexibility index (Phi) is 6.04. The molecular formula is C18H28N4O2. The zero-order valence-electron chi connectivity index (χ0n) is 14.5. The lowest BCUT2D eigenvalue weighted by atomic mass is 9.97. The summed E-state index contributed by atoms with van der Waals surface area (Å²) in [4.78, 5) is 21.1. The number of pyridine rings is 1. The Morgan fingerprint density at radius 1 is 1.33 bits per heavy atom. The number of carbonyl (C=O) groups is 1. The van der Waals surface area contributed by atoms with Crippen LogP contribution in [-0.2, 0) is 11.3 Å². The number of carbonyl (C=O) groups excluding carboxylic acids is 1. The molecule has 2 saturated heterocycles. The van der Waals surface area contributed by atoms with E-state index in [1.165, 1.54) is 6.42 Å². The Hall–Kier alpha value is -1.66. The molecule has 3 heterocycles. The quantitative estimate of drug-likeness (QED) is 0.911. The van der Waals surface area contributed by atoms with Gasteiger partial charge in [0.2, 0.25) is 0 Å². The van der Waals surface area contributed by atoms with Gasteiger partial charge in [-0.2, -0.15) is 0 Å². The fourth-order valence-electron chi connectivity index (χ4n) is 3.44. The number of hydrogen-bond acceptors (Lipinski definition) is 4. The maximum absolute atomic E-state index is 12.4. The van der Waals surface area contributed by atoms with Crippen molar-refractivity contribution in [1.82, 2.24) is 20.1 Å². The second-order valence-corrected chi connectivity index (χ2v) is 6.83. The third-order valence-electron chi connectivity index (χ3n) is 4.84. The van der Waals surface area contributed by atoms with Crippen LogP contribution in [0.5, 0.6) is 0 Å². The van der Waals surface area contributed by atoms with E-state index in [9.17, 15) is 4.79 Å². The Morgan fingerprint density at radius 2 is 2.17 bits per heavy atom. The minimum atomic E-state index is 0.0438. The van der Waals surface area contributed by atoms with Crippen molar-refractivity contribution in [2.75, 3.05) is 45.9 Å². The van der Waals surface area contributed by atoms with E-state index in [2.05, 4.69) is 15.2 Å². The number of aryl methyl sites for hydroxylation is 1. The lowest BCUT2D eigenvalue weighted by Gasteiger charge is -2.36. The molecule has 0 spiro atoms. The average molecular weight is 332 g/mol. The highest BCUT2D eigenvalue weighted by Gasteiger charge is 2.25. The smallest absolute Gasteiger partial charge is 0.317 e. The molecule has 2 aliphatic heterocycles. The van der Waals surface area contributed by atoms with Gasteiger partial charge in [-0.25, -0.2) is 4.79 Å². The van der Waals surface area contributed by atoms with E-state index < -0.39 is 0 Å². The van der Waals surface area contributed by atoms with Gasteiger partial charge in [-0.15, -0.1) is 0 Å². The van der Waals surface area contributed by atoms with Crippen molar-refractivity contribution in [3.8, 4) is 0 Å². The third-order valence-corrected chi connectivity index (χ3v) is 4.84. The highest BCUT2D eigenvalue weighted by atomic mass is 16.5. The van der Waals surface area contributed by atoms with Gasteiger partial charge in [0.05, 0.1) is 13.2 Å². The number of rotatable bonds is 4. The van der Waals surface area contributed by atoms with Crippen LogP contribution in [0.25, 0.3) is 0 Å². The molecule has 0 radical (unpaired) electrons. The summed E-state index contributed by atoms with van der Waals surface area (Å²) in [5.74, 6) is 0.573. The van der Waals surface area contributed by atoms with Gasteiger partial charge < -0.3 is 15.0 Å². The van der Waals surface area contributed by atoms with Crippen LogP contribution in [0.15, 0.2) is 18.3 Å². The summed E-state index contributed by atoms with van der Waals surface area (Å²) in [6.45, 7) is 9.00. The Morgan fingerprint density at radius 3 is 2.92 bits per heavy atom. The van der Waals surface area contributed by atoms with Crippen molar-refractivity contribution in [1.29, 1.82) is 0 Å². The first-order valence-electron chi connectivity index (χ1n) is 8.95. The Bertz CT molecular complexity index is 528. The van der Waals surface area contributed by atoms with Crippen LogP contribution in [0, 0.1) is 12.8 Å². The summed E-state index contributed by atoms with van der Waals surface area (Å²) in [6.07, 6.45) is 4.13. The van der Waals surface area contributed by atoms with Crippen LogP contribution in [0.3, 0.4) is 0 Å². The van der Waals surface area contributed by atoms with Gasteiger partial charge in [0.25, 0.3) is 0 Å². The second-order valence-electron chi connectivity index (χ2n) is 6.83. The molecule has 1 N–H and O–H groups in total. The van der Waals surface area contributed by atoms with E-state index in [1.807, 2.05) is 30.2 Å². The van der Waals surface area contributed by atoms with Crippen LogP contribution < -0.4 is 5.32 Å². The first kappa shape index (κ1) is 17.2. The number of aromatic nitrogens is 1. The summed E-state index contributed by atoms with van der Waals surface area (Å²) in [5, 5.41) is 3.03. The minimum absolute atomic E-state index is 0.0438. The molecule has 3 rings (SSSR count). The zero-order valence-corrected chi connectivity index (χ0v) is 14.5. The van der Waals surface area contributed by atoms with Crippen LogP contribution in [-0.4, -0.2) is 66.8 Å². The molecule has 6 nitrogen and oxygen atoms in total. The normalized spacial score (nSPS) is 22.4. The molecule has 132 valence electrons. The van der Waals surface area contributed by atoms with Crippen LogP contribution in [0.2, 0.25) is 0 Å².